The van der Waals surface area contributed by atoms with Crippen LogP contribution in [0.1, 0.15) is 17.6 Å². The third-order valence-electron chi connectivity index (χ3n) is 2.81. The molecule has 2 heterocycles. The standard InChI is InChI=1S/C13H11Cl2N5O/c1-7-16-13(9-3-4-10(14)11(15)5-9)20(19-7)6-12-18-17-8(2)21-12/h3-5H,6H2,1-2H3. The van der Waals surface area contributed by atoms with Crippen molar-refractivity contribution >= 4 is 23.2 Å². The van der Waals surface area contributed by atoms with Crippen molar-refractivity contribution in [1.82, 2.24) is 25.0 Å². The SMILES string of the molecule is Cc1nc(-c2ccc(Cl)c(Cl)c2)n(Cc2nnc(C)o2)n1. The summed E-state index contributed by atoms with van der Waals surface area (Å²) in [6, 6.07) is 5.32. The zero-order valence-electron chi connectivity index (χ0n) is 11.3. The van der Waals surface area contributed by atoms with Gasteiger partial charge in [0.2, 0.25) is 11.8 Å². The van der Waals surface area contributed by atoms with Crippen LogP contribution in [0.2, 0.25) is 10.0 Å². The predicted molar refractivity (Wildman–Crippen MR) is 78.4 cm³/mol. The Morgan fingerprint density at radius 3 is 2.62 bits per heavy atom. The lowest BCUT2D eigenvalue weighted by Crippen LogP contribution is -2.04. The maximum Gasteiger partial charge on any atom is 0.238 e. The van der Waals surface area contributed by atoms with E-state index in [9.17, 15) is 0 Å². The smallest absolute Gasteiger partial charge is 0.238 e. The third-order valence-corrected chi connectivity index (χ3v) is 3.55. The van der Waals surface area contributed by atoms with Crippen molar-refractivity contribution in [2.75, 3.05) is 0 Å². The molecule has 0 saturated heterocycles. The zero-order valence-corrected chi connectivity index (χ0v) is 12.9. The molecule has 21 heavy (non-hydrogen) atoms. The average molecular weight is 324 g/mol. The number of hydrogen-bond donors (Lipinski definition) is 0. The maximum absolute atomic E-state index is 6.06. The molecule has 0 spiro atoms. The van der Waals surface area contributed by atoms with Gasteiger partial charge in [0.05, 0.1) is 10.0 Å². The van der Waals surface area contributed by atoms with Crippen molar-refractivity contribution in [2.24, 2.45) is 0 Å². The van der Waals surface area contributed by atoms with Gasteiger partial charge in [0.25, 0.3) is 0 Å². The summed E-state index contributed by atoms with van der Waals surface area (Å²) >= 11 is 12.0. The van der Waals surface area contributed by atoms with Crippen molar-refractivity contribution in [3.8, 4) is 11.4 Å². The topological polar surface area (TPSA) is 69.6 Å². The summed E-state index contributed by atoms with van der Waals surface area (Å²) in [4.78, 5) is 4.41. The van der Waals surface area contributed by atoms with Gasteiger partial charge in [-0.15, -0.1) is 10.2 Å². The van der Waals surface area contributed by atoms with Gasteiger partial charge in [0.15, 0.2) is 5.82 Å². The first-order valence-electron chi connectivity index (χ1n) is 6.19. The van der Waals surface area contributed by atoms with Gasteiger partial charge in [-0.3, -0.25) is 0 Å². The molecule has 0 fully saturated rings. The highest BCUT2D eigenvalue weighted by Gasteiger charge is 2.14. The molecule has 8 heteroatoms. The number of aromatic nitrogens is 5. The van der Waals surface area contributed by atoms with Gasteiger partial charge in [0, 0.05) is 12.5 Å². The fourth-order valence-corrected chi connectivity index (χ4v) is 2.24. The zero-order chi connectivity index (χ0) is 15.0. The van der Waals surface area contributed by atoms with Crippen LogP contribution in [0.3, 0.4) is 0 Å². The summed E-state index contributed by atoms with van der Waals surface area (Å²) in [5.74, 6) is 2.30. The second-order valence-corrected chi connectivity index (χ2v) is 5.30. The van der Waals surface area contributed by atoms with Crippen LogP contribution < -0.4 is 0 Å². The Bertz CT molecular complexity index is 796. The quantitative estimate of drug-likeness (QED) is 0.739. The van der Waals surface area contributed by atoms with Gasteiger partial charge in [-0.2, -0.15) is 5.10 Å². The first kappa shape index (κ1) is 14.0. The molecular formula is C13H11Cl2N5O. The lowest BCUT2D eigenvalue weighted by molar-refractivity contribution is 0.445. The second-order valence-electron chi connectivity index (χ2n) is 4.48. The number of rotatable bonds is 3. The van der Waals surface area contributed by atoms with Gasteiger partial charge in [-0.05, 0) is 25.1 Å². The molecule has 2 aromatic heterocycles. The van der Waals surface area contributed by atoms with Crippen molar-refractivity contribution in [3.05, 3.63) is 45.9 Å². The predicted octanol–water partition coefficient (Wildman–Crippen LogP) is 3.30. The molecule has 0 aliphatic rings. The van der Waals surface area contributed by atoms with Crippen molar-refractivity contribution in [2.45, 2.75) is 20.4 Å². The van der Waals surface area contributed by atoms with Gasteiger partial charge in [-0.1, -0.05) is 23.2 Å². The van der Waals surface area contributed by atoms with E-state index in [1.54, 1.807) is 23.7 Å². The third kappa shape index (κ3) is 2.91. The first-order valence-corrected chi connectivity index (χ1v) is 6.94. The van der Waals surface area contributed by atoms with E-state index in [0.29, 0.717) is 40.0 Å². The van der Waals surface area contributed by atoms with Crippen molar-refractivity contribution in [1.29, 1.82) is 0 Å². The van der Waals surface area contributed by atoms with Crippen LogP contribution in [0.4, 0.5) is 0 Å². The van der Waals surface area contributed by atoms with E-state index in [1.807, 2.05) is 13.0 Å². The van der Waals surface area contributed by atoms with Crippen LogP contribution in [0.25, 0.3) is 11.4 Å². The summed E-state index contributed by atoms with van der Waals surface area (Å²) < 4.78 is 7.07. The Labute approximate surface area is 130 Å². The first-order chi connectivity index (χ1) is 10.0. The lowest BCUT2D eigenvalue weighted by atomic mass is 10.2. The number of nitrogens with zero attached hydrogens (tertiary/aromatic N) is 5. The van der Waals surface area contributed by atoms with E-state index in [4.69, 9.17) is 27.6 Å². The highest BCUT2D eigenvalue weighted by atomic mass is 35.5. The molecule has 108 valence electrons. The molecular weight excluding hydrogens is 313 g/mol. The van der Waals surface area contributed by atoms with Crippen molar-refractivity contribution in [3.63, 3.8) is 0 Å². The minimum Gasteiger partial charge on any atom is -0.424 e. The Morgan fingerprint density at radius 2 is 1.95 bits per heavy atom. The number of halogens is 2. The molecule has 0 N–H and O–H groups in total. The van der Waals surface area contributed by atoms with Crippen molar-refractivity contribution < 1.29 is 4.42 Å². The highest BCUT2D eigenvalue weighted by molar-refractivity contribution is 6.42. The van der Waals surface area contributed by atoms with Gasteiger partial charge < -0.3 is 4.42 Å². The van der Waals surface area contributed by atoms with E-state index in [0.717, 1.165) is 5.56 Å². The molecule has 0 atom stereocenters. The molecule has 3 rings (SSSR count). The van der Waals surface area contributed by atoms with Crippen LogP contribution in [-0.2, 0) is 6.54 Å². The normalized spacial score (nSPS) is 11.0. The summed E-state index contributed by atoms with van der Waals surface area (Å²) in [5.41, 5.74) is 0.821. The van der Waals surface area contributed by atoms with E-state index in [2.05, 4.69) is 20.3 Å². The van der Waals surface area contributed by atoms with Crippen LogP contribution in [-0.4, -0.2) is 25.0 Å². The van der Waals surface area contributed by atoms with Crippen LogP contribution in [0, 0.1) is 13.8 Å². The molecule has 0 aliphatic carbocycles. The summed E-state index contributed by atoms with van der Waals surface area (Å²) in [6.45, 7) is 3.90. The monoisotopic (exact) mass is 323 g/mol. The second kappa shape index (κ2) is 5.46. The number of aryl methyl sites for hydroxylation is 2. The minimum atomic E-state index is 0.345. The number of hydrogen-bond acceptors (Lipinski definition) is 5. The van der Waals surface area contributed by atoms with Gasteiger partial charge in [0.1, 0.15) is 12.4 Å². The Balaban J connectivity index is 2.00. The highest BCUT2D eigenvalue weighted by Crippen LogP contribution is 2.27. The van der Waals surface area contributed by atoms with E-state index in [1.165, 1.54) is 0 Å². The minimum absolute atomic E-state index is 0.345. The summed E-state index contributed by atoms with van der Waals surface area (Å²) in [5, 5.41) is 13.1. The molecule has 0 amide bonds. The molecule has 0 bridgehead atoms. The lowest BCUT2D eigenvalue weighted by Gasteiger charge is -2.04. The summed E-state index contributed by atoms with van der Waals surface area (Å²) in [6.07, 6.45) is 0. The molecule has 0 saturated carbocycles. The fourth-order valence-electron chi connectivity index (χ4n) is 1.94. The largest absolute Gasteiger partial charge is 0.424 e. The molecule has 0 unspecified atom stereocenters. The Hall–Kier alpha value is -1.92. The average Bonchev–Trinajstić information content (AvgIpc) is 3.00. The Kier molecular flexibility index (Phi) is 3.65. The fraction of sp³-hybridized carbons (Fsp3) is 0.231. The summed E-state index contributed by atoms with van der Waals surface area (Å²) in [7, 11) is 0. The molecule has 0 aliphatic heterocycles. The van der Waals surface area contributed by atoms with Gasteiger partial charge >= 0.3 is 0 Å². The van der Waals surface area contributed by atoms with E-state index in [-0.39, 0.29) is 0 Å². The van der Waals surface area contributed by atoms with E-state index < -0.39 is 0 Å². The molecule has 3 aromatic rings. The van der Waals surface area contributed by atoms with Crippen LogP contribution >= 0.6 is 23.2 Å². The molecule has 0 radical (unpaired) electrons. The number of benzene rings is 1. The Morgan fingerprint density at radius 1 is 1.14 bits per heavy atom. The van der Waals surface area contributed by atoms with E-state index >= 15 is 0 Å². The maximum atomic E-state index is 6.06. The van der Waals surface area contributed by atoms with Gasteiger partial charge in [-0.25, -0.2) is 9.67 Å². The molecule has 1 aromatic carbocycles. The van der Waals surface area contributed by atoms with Crippen LogP contribution in [0.15, 0.2) is 22.6 Å². The van der Waals surface area contributed by atoms with Crippen LogP contribution in [0.5, 0.6) is 0 Å². The molecule has 6 nitrogen and oxygen atoms in total.